The zero-order valence-electron chi connectivity index (χ0n) is 18.5. The number of piperidine rings is 1. The second-order valence-electron chi connectivity index (χ2n) is 8.95. The minimum atomic E-state index is -1.79. The van der Waals surface area contributed by atoms with Crippen molar-refractivity contribution in [1.82, 2.24) is 4.90 Å². The van der Waals surface area contributed by atoms with Crippen molar-refractivity contribution in [3.63, 3.8) is 0 Å². The first-order chi connectivity index (χ1) is 15.9. The third-order valence-electron chi connectivity index (χ3n) is 6.75. The Morgan fingerprint density at radius 2 is 2.21 bits per heavy atom. The Bertz CT molecular complexity index is 1170. The molecule has 174 valence electrons. The first kappa shape index (κ1) is 22.1. The van der Waals surface area contributed by atoms with Crippen LogP contribution in [0, 0.1) is 11.7 Å². The molecule has 2 aromatic rings. The van der Waals surface area contributed by atoms with Crippen molar-refractivity contribution in [2.75, 3.05) is 31.0 Å². The van der Waals surface area contributed by atoms with Crippen molar-refractivity contribution in [2.45, 2.75) is 37.0 Å². The summed E-state index contributed by atoms with van der Waals surface area (Å²) in [5.74, 6) is -0.358. The van der Waals surface area contributed by atoms with Crippen LogP contribution in [0.2, 0.25) is 0 Å². The molecule has 3 atom stereocenters. The van der Waals surface area contributed by atoms with Gasteiger partial charge in [0.15, 0.2) is 11.0 Å². The van der Waals surface area contributed by atoms with Gasteiger partial charge in [-0.3, -0.25) is 4.90 Å². The number of rotatable bonds is 6. The van der Waals surface area contributed by atoms with E-state index < -0.39 is 22.8 Å². The van der Waals surface area contributed by atoms with Crippen LogP contribution in [0.4, 0.5) is 10.1 Å². The summed E-state index contributed by atoms with van der Waals surface area (Å²) in [5, 5.41) is 9.88. The normalized spacial score (nSPS) is 23.9. The lowest BCUT2D eigenvalue weighted by Crippen LogP contribution is -2.30. The zero-order chi connectivity index (χ0) is 23.1. The average Bonchev–Trinajstić information content (AvgIpc) is 3.59. The van der Waals surface area contributed by atoms with Gasteiger partial charge in [-0.05, 0) is 73.7 Å². The Labute approximate surface area is 195 Å². The molecule has 6 nitrogen and oxygen atoms in total. The van der Waals surface area contributed by atoms with Gasteiger partial charge in [0.2, 0.25) is 0 Å². The lowest BCUT2D eigenvalue weighted by Gasteiger charge is -2.27. The Hall–Kier alpha value is -2.71. The predicted molar refractivity (Wildman–Crippen MR) is 126 cm³/mol. The lowest BCUT2D eigenvalue weighted by atomic mass is 10.0. The Morgan fingerprint density at radius 1 is 1.36 bits per heavy atom. The number of benzene rings is 2. The number of hydrogen-bond donors (Lipinski definition) is 2. The maximum atomic E-state index is 14.1. The first-order valence-electron chi connectivity index (χ1n) is 11.4. The van der Waals surface area contributed by atoms with Crippen molar-refractivity contribution in [1.29, 1.82) is 0 Å². The summed E-state index contributed by atoms with van der Waals surface area (Å²) >= 11 is 0. The van der Waals surface area contributed by atoms with E-state index in [-0.39, 0.29) is 11.3 Å². The zero-order valence-corrected chi connectivity index (χ0v) is 19.3. The van der Waals surface area contributed by atoms with Crippen LogP contribution in [0.1, 0.15) is 53.6 Å². The fraction of sp³-hybridized carbons (Fsp3) is 0.400. The summed E-state index contributed by atoms with van der Waals surface area (Å²) in [6.45, 7) is 5.41. The van der Waals surface area contributed by atoms with E-state index in [1.807, 2.05) is 12.1 Å². The number of nitrogens with one attached hydrogen (secondary N) is 1. The molecule has 0 radical (unpaired) electrons. The number of likely N-dealkylation sites (N-methyl/N-ethyl adjacent to an activating group) is 1. The number of nitrogens with zero attached hydrogens (tertiary/aromatic N) is 1. The summed E-state index contributed by atoms with van der Waals surface area (Å²) in [7, 11) is -1.79. The Morgan fingerprint density at radius 3 is 3.00 bits per heavy atom. The molecule has 8 heteroatoms. The van der Waals surface area contributed by atoms with E-state index in [1.54, 1.807) is 6.07 Å². The number of likely N-dealkylation sites (tertiary alicyclic amines) is 1. The van der Waals surface area contributed by atoms with Gasteiger partial charge in [-0.15, -0.1) is 0 Å². The third-order valence-corrected chi connectivity index (χ3v) is 7.92. The van der Waals surface area contributed by atoms with Crippen LogP contribution < -0.4 is 9.46 Å². The molecule has 1 saturated carbocycles. The van der Waals surface area contributed by atoms with E-state index >= 15 is 0 Å². The van der Waals surface area contributed by atoms with Gasteiger partial charge in [-0.1, -0.05) is 24.6 Å². The van der Waals surface area contributed by atoms with Gasteiger partial charge in [-0.25, -0.2) is 13.4 Å². The maximum Gasteiger partial charge on any atom is 0.341 e. The summed E-state index contributed by atoms with van der Waals surface area (Å²) in [4.78, 5) is 14.8. The van der Waals surface area contributed by atoms with Gasteiger partial charge in [0.05, 0.1) is 17.2 Å². The Balaban J connectivity index is 1.46. The van der Waals surface area contributed by atoms with Gasteiger partial charge < -0.3 is 14.6 Å². The molecule has 2 aromatic carbocycles. The molecule has 0 amide bonds. The SMILES string of the molecule is CCN1CCC/C(=C\c2cc(F)ccc2S(=O)Nc2ccc3c(c2C(=O)O)OC[C@@H]2C[C@H]32)C1. The number of carboxylic acids is 1. The van der Waals surface area contributed by atoms with Crippen LogP contribution in [0.5, 0.6) is 5.75 Å². The van der Waals surface area contributed by atoms with Crippen LogP contribution in [0.15, 0.2) is 40.8 Å². The quantitative estimate of drug-likeness (QED) is 0.642. The fourth-order valence-corrected chi connectivity index (χ4v) is 5.89. The number of anilines is 1. The summed E-state index contributed by atoms with van der Waals surface area (Å²) in [6.07, 6.45) is 4.87. The van der Waals surface area contributed by atoms with E-state index in [1.165, 1.54) is 23.8 Å². The molecular formula is C25H27FN2O4S. The number of halogens is 1. The van der Waals surface area contributed by atoms with Crippen LogP contribution in [-0.4, -0.2) is 46.4 Å². The number of aromatic carboxylic acids is 1. The van der Waals surface area contributed by atoms with Crippen LogP contribution >= 0.6 is 0 Å². The molecule has 2 aliphatic heterocycles. The predicted octanol–water partition coefficient (Wildman–Crippen LogP) is 4.65. The van der Waals surface area contributed by atoms with Gasteiger partial charge >= 0.3 is 5.97 Å². The fourth-order valence-electron chi connectivity index (χ4n) is 4.89. The second-order valence-corrected chi connectivity index (χ2v) is 10.1. The Kier molecular flexibility index (Phi) is 5.97. The molecule has 2 fully saturated rings. The van der Waals surface area contributed by atoms with Gasteiger partial charge in [0.25, 0.3) is 0 Å². The van der Waals surface area contributed by atoms with Crippen molar-refractivity contribution in [2.24, 2.45) is 5.92 Å². The number of fused-ring (bicyclic) bond motifs is 3. The maximum absolute atomic E-state index is 14.1. The van der Waals surface area contributed by atoms with Gasteiger partial charge in [0, 0.05) is 12.5 Å². The van der Waals surface area contributed by atoms with Gasteiger partial charge in [0.1, 0.15) is 17.1 Å². The molecule has 3 aliphatic rings. The highest BCUT2D eigenvalue weighted by molar-refractivity contribution is 7.86. The highest BCUT2D eigenvalue weighted by Crippen LogP contribution is 2.55. The molecule has 5 rings (SSSR count). The minimum absolute atomic E-state index is 0.000848. The summed E-state index contributed by atoms with van der Waals surface area (Å²) < 4.78 is 36.0. The minimum Gasteiger partial charge on any atom is -0.492 e. The lowest BCUT2D eigenvalue weighted by molar-refractivity contribution is 0.0692. The van der Waals surface area contributed by atoms with Gasteiger partial charge in [-0.2, -0.15) is 0 Å². The van der Waals surface area contributed by atoms with Crippen LogP contribution in [0.3, 0.4) is 0 Å². The van der Waals surface area contributed by atoms with E-state index in [0.29, 0.717) is 34.7 Å². The largest absolute Gasteiger partial charge is 0.492 e. The topological polar surface area (TPSA) is 78.9 Å². The van der Waals surface area contributed by atoms with Crippen molar-refractivity contribution >= 4 is 28.7 Å². The molecule has 2 heterocycles. The molecule has 0 aromatic heterocycles. The van der Waals surface area contributed by atoms with E-state index in [2.05, 4.69) is 16.5 Å². The standard InChI is InChI=1S/C25H27FN2O4S/c1-2-28-9-3-4-15(13-28)10-16-11-18(26)5-8-22(16)33(31)27-21-7-6-19-20-12-17(20)14-32-24(19)23(21)25(29)30/h5-8,10-11,17,20,27H,2-4,9,12-14H2,1H3,(H,29,30)/b15-10+/t17-,20-,33?/m0/s1. The van der Waals surface area contributed by atoms with Crippen molar-refractivity contribution < 1.29 is 23.2 Å². The molecule has 1 saturated heterocycles. The highest BCUT2D eigenvalue weighted by atomic mass is 32.2. The molecule has 1 aliphatic carbocycles. The van der Waals surface area contributed by atoms with Crippen molar-refractivity contribution in [3.8, 4) is 5.75 Å². The van der Waals surface area contributed by atoms with Crippen LogP contribution in [0.25, 0.3) is 6.08 Å². The molecule has 33 heavy (non-hydrogen) atoms. The molecule has 1 unspecified atom stereocenters. The second kappa shape index (κ2) is 8.91. The third kappa shape index (κ3) is 4.42. The van der Waals surface area contributed by atoms with E-state index in [9.17, 15) is 18.5 Å². The highest BCUT2D eigenvalue weighted by Gasteiger charge is 2.45. The van der Waals surface area contributed by atoms with Crippen LogP contribution in [-0.2, 0) is 11.0 Å². The number of ether oxygens (including phenoxy) is 1. The van der Waals surface area contributed by atoms with E-state index in [4.69, 9.17) is 4.74 Å². The number of hydrogen-bond acceptors (Lipinski definition) is 4. The smallest absolute Gasteiger partial charge is 0.341 e. The number of carboxylic acid groups (broad SMARTS) is 1. The first-order valence-corrected chi connectivity index (χ1v) is 12.5. The summed E-state index contributed by atoms with van der Waals surface area (Å²) in [5.41, 5.74) is 2.85. The summed E-state index contributed by atoms with van der Waals surface area (Å²) in [6, 6.07) is 7.67. The van der Waals surface area contributed by atoms with E-state index in [0.717, 1.165) is 44.5 Å². The monoisotopic (exact) mass is 470 g/mol. The molecule has 0 bridgehead atoms. The molecule has 2 N–H and O–H groups in total. The average molecular weight is 471 g/mol. The number of carbonyl (C=O) groups is 1. The molecular weight excluding hydrogens is 443 g/mol. The molecule has 0 spiro atoms. The van der Waals surface area contributed by atoms with Crippen molar-refractivity contribution in [3.05, 3.63) is 58.4 Å².